The van der Waals surface area contributed by atoms with Crippen molar-refractivity contribution in [3.63, 3.8) is 0 Å². The average Bonchev–Trinajstić information content (AvgIpc) is 2.31. The van der Waals surface area contributed by atoms with Gasteiger partial charge in [0.1, 0.15) is 0 Å². The standard InChI is InChI=1S/C11H20N2/c1-9(12)8-10-6-5-7-13(10)11(2,3)4/h5-7,9H,8,12H2,1-4H3. The van der Waals surface area contributed by atoms with Gasteiger partial charge in [-0.25, -0.2) is 0 Å². The van der Waals surface area contributed by atoms with Gasteiger partial charge in [0.2, 0.25) is 0 Å². The number of hydrogen-bond acceptors (Lipinski definition) is 1. The molecule has 1 rings (SSSR count). The third-order valence-electron chi connectivity index (χ3n) is 2.09. The first-order valence-electron chi connectivity index (χ1n) is 4.83. The van der Waals surface area contributed by atoms with Gasteiger partial charge in [-0.3, -0.25) is 0 Å². The van der Waals surface area contributed by atoms with Gasteiger partial charge in [0.15, 0.2) is 0 Å². The maximum Gasteiger partial charge on any atom is 0.0358 e. The average molecular weight is 180 g/mol. The van der Waals surface area contributed by atoms with Gasteiger partial charge in [0.05, 0.1) is 0 Å². The summed E-state index contributed by atoms with van der Waals surface area (Å²) in [6, 6.07) is 4.47. The Balaban J connectivity index is 2.90. The Kier molecular flexibility index (Phi) is 2.81. The summed E-state index contributed by atoms with van der Waals surface area (Å²) in [5, 5.41) is 0. The fourth-order valence-electron chi connectivity index (χ4n) is 1.57. The van der Waals surface area contributed by atoms with E-state index in [1.807, 2.05) is 6.92 Å². The maximum atomic E-state index is 5.78. The zero-order valence-corrected chi connectivity index (χ0v) is 9.04. The molecule has 0 saturated heterocycles. The Morgan fingerprint density at radius 1 is 1.46 bits per heavy atom. The first-order valence-corrected chi connectivity index (χ1v) is 4.83. The van der Waals surface area contributed by atoms with Crippen molar-refractivity contribution in [2.45, 2.75) is 45.7 Å². The van der Waals surface area contributed by atoms with Crippen LogP contribution in [0.1, 0.15) is 33.4 Å². The Labute approximate surface area is 80.7 Å². The smallest absolute Gasteiger partial charge is 0.0358 e. The van der Waals surface area contributed by atoms with Crippen molar-refractivity contribution in [2.24, 2.45) is 5.73 Å². The van der Waals surface area contributed by atoms with Crippen LogP contribution in [-0.2, 0) is 12.0 Å². The fourth-order valence-corrected chi connectivity index (χ4v) is 1.57. The number of aromatic nitrogens is 1. The van der Waals surface area contributed by atoms with E-state index in [0.29, 0.717) is 0 Å². The molecule has 0 saturated carbocycles. The molecule has 13 heavy (non-hydrogen) atoms. The van der Waals surface area contributed by atoms with E-state index in [0.717, 1.165) is 6.42 Å². The lowest BCUT2D eigenvalue weighted by molar-refractivity contribution is 0.383. The summed E-state index contributed by atoms with van der Waals surface area (Å²) in [5.41, 5.74) is 7.26. The van der Waals surface area contributed by atoms with Gasteiger partial charge in [-0.2, -0.15) is 0 Å². The van der Waals surface area contributed by atoms with Crippen LogP contribution in [0, 0.1) is 0 Å². The third-order valence-corrected chi connectivity index (χ3v) is 2.09. The topological polar surface area (TPSA) is 30.9 Å². The predicted molar refractivity (Wildman–Crippen MR) is 56.8 cm³/mol. The Morgan fingerprint density at radius 2 is 2.08 bits per heavy atom. The van der Waals surface area contributed by atoms with Gasteiger partial charge in [0.25, 0.3) is 0 Å². The highest BCUT2D eigenvalue weighted by Gasteiger charge is 2.15. The van der Waals surface area contributed by atoms with Crippen LogP contribution in [0.2, 0.25) is 0 Å². The largest absolute Gasteiger partial charge is 0.346 e. The molecule has 0 spiro atoms. The van der Waals surface area contributed by atoms with E-state index in [9.17, 15) is 0 Å². The first-order chi connectivity index (χ1) is 5.91. The van der Waals surface area contributed by atoms with E-state index >= 15 is 0 Å². The van der Waals surface area contributed by atoms with Crippen LogP contribution in [0.4, 0.5) is 0 Å². The molecule has 1 atom stereocenters. The van der Waals surface area contributed by atoms with Crippen LogP contribution in [0.15, 0.2) is 18.3 Å². The summed E-state index contributed by atoms with van der Waals surface area (Å²) < 4.78 is 2.29. The summed E-state index contributed by atoms with van der Waals surface area (Å²) in [4.78, 5) is 0. The molecule has 0 aromatic carbocycles. The van der Waals surface area contributed by atoms with E-state index in [1.165, 1.54) is 5.69 Å². The second-order valence-electron chi connectivity index (χ2n) is 4.72. The van der Waals surface area contributed by atoms with E-state index < -0.39 is 0 Å². The van der Waals surface area contributed by atoms with Crippen molar-refractivity contribution in [2.75, 3.05) is 0 Å². The van der Waals surface area contributed by atoms with E-state index in [4.69, 9.17) is 5.73 Å². The number of nitrogens with zero attached hydrogens (tertiary/aromatic N) is 1. The molecule has 0 amide bonds. The molecule has 2 N–H and O–H groups in total. The summed E-state index contributed by atoms with van der Waals surface area (Å²) in [5.74, 6) is 0. The van der Waals surface area contributed by atoms with Crippen molar-refractivity contribution < 1.29 is 0 Å². The Morgan fingerprint density at radius 3 is 2.54 bits per heavy atom. The van der Waals surface area contributed by atoms with E-state index in [2.05, 4.69) is 43.7 Å². The minimum Gasteiger partial charge on any atom is -0.346 e. The molecule has 1 unspecified atom stereocenters. The zero-order chi connectivity index (χ0) is 10.1. The van der Waals surface area contributed by atoms with Crippen molar-refractivity contribution in [1.29, 1.82) is 0 Å². The molecular formula is C11H20N2. The molecule has 0 bridgehead atoms. The van der Waals surface area contributed by atoms with Crippen LogP contribution in [-0.4, -0.2) is 10.6 Å². The van der Waals surface area contributed by atoms with E-state index in [1.54, 1.807) is 0 Å². The van der Waals surface area contributed by atoms with Gasteiger partial charge in [-0.05, 0) is 39.8 Å². The highest BCUT2D eigenvalue weighted by Crippen LogP contribution is 2.18. The lowest BCUT2D eigenvalue weighted by Gasteiger charge is -2.25. The van der Waals surface area contributed by atoms with Crippen molar-refractivity contribution >= 4 is 0 Å². The van der Waals surface area contributed by atoms with Crippen molar-refractivity contribution in [1.82, 2.24) is 4.57 Å². The Bertz CT molecular complexity index is 266. The molecule has 0 aliphatic carbocycles. The fraction of sp³-hybridized carbons (Fsp3) is 0.636. The van der Waals surface area contributed by atoms with Gasteiger partial charge >= 0.3 is 0 Å². The molecule has 0 aliphatic heterocycles. The maximum absolute atomic E-state index is 5.78. The lowest BCUT2D eigenvalue weighted by atomic mass is 10.1. The second-order valence-corrected chi connectivity index (χ2v) is 4.72. The Hall–Kier alpha value is -0.760. The van der Waals surface area contributed by atoms with Crippen LogP contribution < -0.4 is 5.73 Å². The second kappa shape index (κ2) is 3.54. The molecule has 1 heterocycles. The monoisotopic (exact) mass is 180 g/mol. The summed E-state index contributed by atoms with van der Waals surface area (Å²) in [7, 11) is 0. The lowest BCUT2D eigenvalue weighted by Crippen LogP contribution is -2.26. The first kappa shape index (κ1) is 10.3. The van der Waals surface area contributed by atoms with Gasteiger partial charge in [-0.1, -0.05) is 0 Å². The van der Waals surface area contributed by atoms with Crippen LogP contribution >= 0.6 is 0 Å². The molecule has 1 aromatic heterocycles. The SMILES string of the molecule is CC(N)Cc1cccn1C(C)(C)C. The zero-order valence-electron chi connectivity index (χ0n) is 9.04. The van der Waals surface area contributed by atoms with Crippen LogP contribution in [0.3, 0.4) is 0 Å². The molecule has 1 aromatic rings. The highest BCUT2D eigenvalue weighted by atomic mass is 15.0. The molecule has 0 aliphatic rings. The minimum absolute atomic E-state index is 0.160. The van der Waals surface area contributed by atoms with Crippen molar-refractivity contribution in [3.8, 4) is 0 Å². The van der Waals surface area contributed by atoms with Gasteiger partial charge < -0.3 is 10.3 Å². The van der Waals surface area contributed by atoms with Crippen LogP contribution in [0.5, 0.6) is 0 Å². The number of nitrogens with two attached hydrogens (primary N) is 1. The van der Waals surface area contributed by atoms with Gasteiger partial charge in [0, 0.05) is 29.9 Å². The highest BCUT2D eigenvalue weighted by molar-refractivity contribution is 5.11. The molecule has 2 nitrogen and oxygen atoms in total. The third kappa shape index (κ3) is 2.59. The van der Waals surface area contributed by atoms with Crippen LogP contribution in [0.25, 0.3) is 0 Å². The normalized spacial score (nSPS) is 14.5. The molecular weight excluding hydrogens is 160 g/mol. The summed E-state index contributed by atoms with van der Waals surface area (Å²) in [6.07, 6.45) is 3.07. The number of hydrogen-bond donors (Lipinski definition) is 1. The van der Waals surface area contributed by atoms with Gasteiger partial charge in [-0.15, -0.1) is 0 Å². The quantitative estimate of drug-likeness (QED) is 0.742. The number of rotatable bonds is 2. The van der Waals surface area contributed by atoms with Crippen molar-refractivity contribution in [3.05, 3.63) is 24.0 Å². The molecule has 2 heteroatoms. The summed E-state index contributed by atoms with van der Waals surface area (Å²) >= 11 is 0. The minimum atomic E-state index is 0.160. The van der Waals surface area contributed by atoms with E-state index in [-0.39, 0.29) is 11.6 Å². The molecule has 0 radical (unpaired) electrons. The molecule has 0 fully saturated rings. The predicted octanol–water partition coefficient (Wildman–Crippen LogP) is 2.13. The summed E-state index contributed by atoms with van der Waals surface area (Å²) in [6.45, 7) is 8.66. The molecule has 74 valence electrons.